The minimum atomic E-state index is 0.453. The molecule has 1 heterocycles. The first-order valence-corrected chi connectivity index (χ1v) is 7.33. The Morgan fingerprint density at radius 3 is 3.00 bits per heavy atom. The molecule has 0 saturated heterocycles. The van der Waals surface area contributed by atoms with Crippen molar-refractivity contribution in [2.75, 3.05) is 26.8 Å². The molecule has 3 heteroatoms. The summed E-state index contributed by atoms with van der Waals surface area (Å²) in [4.78, 5) is 1.58. The van der Waals surface area contributed by atoms with Crippen LogP contribution in [0.4, 0.5) is 0 Å². The van der Waals surface area contributed by atoms with E-state index in [1.54, 1.807) is 12.0 Å². The standard InChI is InChI=1S/C14H23NOS/c1-11(2)14(13-5-4-8-17-13)9-12(14)10-15-6-7-16-3/h4-5,8,11-12,15H,6-7,9-10H2,1-3H3. The minimum Gasteiger partial charge on any atom is -0.383 e. The van der Waals surface area contributed by atoms with Gasteiger partial charge in [-0.25, -0.2) is 0 Å². The predicted molar refractivity (Wildman–Crippen MR) is 73.7 cm³/mol. The Hall–Kier alpha value is -0.380. The second-order valence-electron chi connectivity index (χ2n) is 5.27. The molecule has 1 saturated carbocycles. The van der Waals surface area contributed by atoms with E-state index in [-0.39, 0.29) is 0 Å². The molecule has 1 aliphatic rings. The fourth-order valence-corrected chi connectivity index (χ4v) is 4.06. The van der Waals surface area contributed by atoms with Crippen molar-refractivity contribution >= 4 is 11.3 Å². The molecule has 0 radical (unpaired) electrons. The third-order valence-corrected chi connectivity index (χ3v) is 5.10. The van der Waals surface area contributed by atoms with E-state index >= 15 is 0 Å². The molecule has 2 unspecified atom stereocenters. The van der Waals surface area contributed by atoms with Crippen LogP contribution in [0.1, 0.15) is 25.1 Å². The highest BCUT2D eigenvalue weighted by molar-refractivity contribution is 7.10. The maximum atomic E-state index is 5.06. The lowest BCUT2D eigenvalue weighted by molar-refractivity contribution is 0.198. The fraction of sp³-hybridized carbons (Fsp3) is 0.714. The topological polar surface area (TPSA) is 21.3 Å². The van der Waals surface area contributed by atoms with E-state index in [1.807, 2.05) is 11.3 Å². The van der Waals surface area contributed by atoms with Crippen LogP contribution in [0.5, 0.6) is 0 Å². The first-order chi connectivity index (χ1) is 8.21. The van der Waals surface area contributed by atoms with Gasteiger partial charge in [-0.05, 0) is 36.2 Å². The number of thiophene rings is 1. The molecule has 2 nitrogen and oxygen atoms in total. The summed E-state index contributed by atoms with van der Waals surface area (Å²) in [6.07, 6.45) is 1.34. The van der Waals surface area contributed by atoms with Crippen molar-refractivity contribution in [1.82, 2.24) is 5.32 Å². The van der Waals surface area contributed by atoms with Crippen molar-refractivity contribution in [2.45, 2.75) is 25.7 Å². The van der Waals surface area contributed by atoms with Gasteiger partial charge in [0.05, 0.1) is 6.61 Å². The maximum absolute atomic E-state index is 5.06. The van der Waals surface area contributed by atoms with Gasteiger partial charge in [-0.3, -0.25) is 0 Å². The van der Waals surface area contributed by atoms with Crippen LogP contribution in [-0.2, 0) is 10.2 Å². The summed E-state index contributed by atoms with van der Waals surface area (Å²) >= 11 is 1.92. The van der Waals surface area contributed by atoms with Crippen LogP contribution in [0.3, 0.4) is 0 Å². The van der Waals surface area contributed by atoms with Crippen LogP contribution in [0.2, 0.25) is 0 Å². The SMILES string of the molecule is COCCNCC1CC1(c1cccs1)C(C)C. The Bertz CT molecular complexity index is 336. The van der Waals surface area contributed by atoms with Gasteiger partial charge in [-0.1, -0.05) is 19.9 Å². The Balaban J connectivity index is 1.90. The summed E-state index contributed by atoms with van der Waals surface area (Å²) in [5.74, 6) is 1.54. The van der Waals surface area contributed by atoms with Crippen LogP contribution >= 0.6 is 11.3 Å². The van der Waals surface area contributed by atoms with E-state index in [2.05, 4.69) is 36.7 Å². The summed E-state index contributed by atoms with van der Waals surface area (Å²) in [5, 5.41) is 5.70. The zero-order valence-corrected chi connectivity index (χ0v) is 11.8. The minimum absolute atomic E-state index is 0.453. The maximum Gasteiger partial charge on any atom is 0.0587 e. The molecule has 2 rings (SSSR count). The summed E-state index contributed by atoms with van der Waals surface area (Å²) < 4.78 is 5.06. The highest BCUT2D eigenvalue weighted by atomic mass is 32.1. The van der Waals surface area contributed by atoms with Crippen LogP contribution in [-0.4, -0.2) is 26.8 Å². The van der Waals surface area contributed by atoms with E-state index in [4.69, 9.17) is 4.74 Å². The van der Waals surface area contributed by atoms with Gasteiger partial charge in [0.25, 0.3) is 0 Å². The number of hydrogen-bond acceptors (Lipinski definition) is 3. The molecular formula is C14H23NOS. The lowest BCUT2D eigenvalue weighted by Gasteiger charge is -2.20. The number of methoxy groups -OCH3 is 1. The molecule has 2 atom stereocenters. The lowest BCUT2D eigenvalue weighted by Crippen LogP contribution is -2.26. The van der Waals surface area contributed by atoms with Crippen molar-refractivity contribution in [3.05, 3.63) is 22.4 Å². The zero-order valence-electron chi connectivity index (χ0n) is 11.0. The van der Waals surface area contributed by atoms with Crippen molar-refractivity contribution in [2.24, 2.45) is 11.8 Å². The fourth-order valence-electron chi connectivity index (χ4n) is 2.89. The molecule has 0 bridgehead atoms. The Morgan fingerprint density at radius 2 is 2.41 bits per heavy atom. The molecule has 0 aliphatic heterocycles. The normalized spacial score (nSPS) is 27.6. The van der Waals surface area contributed by atoms with Gasteiger partial charge in [-0.2, -0.15) is 0 Å². The Morgan fingerprint density at radius 1 is 1.59 bits per heavy atom. The first kappa shape index (κ1) is 13.1. The van der Waals surface area contributed by atoms with Gasteiger partial charge in [0.1, 0.15) is 0 Å². The number of nitrogens with one attached hydrogen (secondary N) is 1. The zero-order chi connectivity index (χ0) is 12.3. The monoisotopic (exact) mass is 253 g/mol. The van der Waals surface area contributed by atoms with Crippen LogP contribution < -0.4 is 5.32 Å². The molecular weight excluding hydrogens is 230 g/mol. The third-order valence-electron chi connectivity index (χ3n) is 4.04. The van der Waals surface area contributed by atoms with E-state index in [1.165, 1.54) is 6.42 Å². The highest BCUT2D eigenvalue weighted by Crippen LogP contribution is 2.59. The molecule has 0 spiro atoms. The Labute approximate surface area is 108 Å². The number of ether oxygens (including phenoxy) is 1. The highest BCUT2D eigenvalue weighted by Gasteiger charge is 2.57. The Kier molecular flexibility index (Phi) is 4.23. The van der Waals surface area contributed by atoms with Crippen molar-refractivity contribution in [3.63, 3.8) is 0 Å². The summed E-state index contributed by atoms with van der Waals surface area (Å²) in [6, 6.07) is 4.48. The summed E-state index contributed by atoms with van der Waals surface area (Å²) in [6.45, 7) is 7.61. The molecule has 0 aromatic carbocycles. The molecule has 96 valence electrons. The van der Waals surface area contributed by atoms with Crippen LogP contribution in [0.15, 0.2) is 17.5 Å². The van der Waals surface area contributed by atoms with Gasteiger partial charge < -0.3 is 10.1 Å². The van der Waals surface area contributed by atoms with E-state index in [0.717, 1.165) is 31.5 Å². The van der Waals surface area contributed by atoms with E-state index < -0.39 is 0 Å². The first-order valence-electron chi connectivity index (χ1n) is 6.45. The number of hydrogen-bond donors (Lipinski definition) is 1. The summed E-state index contributed by atoms with van der Waals surface area (Å²) in [5.41, 5.74) is 0.453. The van der Waals surface area contributed by atoms with Gasteiger partial charge in [0.2, 0.25) is 0 Å². The summed E-state index contributed by atoms with van der Waals surface area (Å²) in [7, 11) is 1.75. The quantitative estimate of drug-likeness (QED) is 0.754. The number of rotatable bonds is 7. The van der Waals surface area contributed by atoms with E-state index in [9.17, 15) is 0 Å². The van der Waals surface area contributed by atoms with Crippen molar-refractivity contribution in [3.8, 4) is 0 Å². The molecule has 1 aliphatic carbocycles. The van der Waals surface area contributed by atoms with Gasteiger partial charge in [0.15, 0.2) is 0 Å². The molecule has 1 N–H and O–H groups in total. The lowest BCUT2D eigenvalue weighted by atomic mass is 9.88. The molecule has 0 amide bonds. The predicted octanol–water partition coefficient (Wildman–Crippen LogP) is 2.90. The molecule has 1 fully saturated rings. The third kappa shape index (κ3) is 2.56. The average molecular weight is 253 g/mol. The molecule has 1 aromatic rings. The van der Waals surface area contributed by atoms with Gasteiger partial charge in [-0.15, -0.1) is 11.3 Å². The molecule has 17 heavy (non-hydrogen) atoms. The van der Waals surface area contributed by atoms with Crippen LogP contribution in [0, 0.1) is 11.8 Å². The van der Waals surface area contributed by atoms with Crippen molar-refractivity contribution < 1.29 is 4.74 Å². The van der Waals surface area contributed by atoms with Gasteiger partial charge >= 0.3 is 0 Å². The smallest absolute Gasteiger partial charge is 0.0587 e. The average Bonchev–Trinajstić information content (AvgIpc) is 2.79. The molecule has 1 aromatic heterocycles. The largest absolute Gasteiger partial charge is 0.383 e. The second-order valence-corrected chi connectivity index (χ2v) is 6.22. The van der Waals surface area contributed by atoms with Gasteiger partial charge in [0, 0.05) is 23.9 Å². The van der Waals surface area contributed by atoms with Crippen molar-refractivity contribution in [1.29, 1.82) is 0 Å². The second kappa shape index (κ2) is 5.51. The van der Waals surface area contributed by atoms with E-state index in [0.29, 0.717) is 5.41 Å². The van der Waals surface area contributed by atoms with Crippen LogP contribution in [0.25, 0.3) is 0 Å².